The van der Waals surface area contributed by atoms with Gasteiger partial charge in [-0.2, -0.15) is 0 Å². The first-order valence-corrected chi connectivity index (χ1v) is 18.0. The number of rotatable bonds is 29. The van der Waals surface area contributed by atoms with Gasteiger partial charge < -0.3 is 29.4 Å². The number of amides is 1. The quantitative estimate of drug-likeness (QED) is 0.0652. The lowest BCUT2D eigenvalue weighted by molar-refractivity contribution is -0.224. The number of methoxy groups -OCH3 is 2. The summed E-state index contributed by atoms with van der Waals surface area (Å²) in [5, 5.41) is 13.7. The zero-order valence-electron chi connectivity index (χ0n) is 28.5. The molecule has 1 saturated heterocycles. The molecule has 43 heavy (non-hydrogen) atoms. The first-order valence-electron chi connectivity index (χ1n) is 18.0. The monoisotopic (exact) mass is 612 g/mol. The van der Waals surface area contributed by atoms with Crippen LogP contribution in [-0.4, -0.2) is 69.1 Å². The number of nitrogens with one attached hydrogen (secondary N) is 1. The highest BCUT2D eigenvalue weighted by Crippen LogP contribution is 2.23. The van der Waals surface area contributed by atoms with Crippen molar-refractivity contribution in [2.24, 2.45) is 0 Å². The van der Waals surface area contributed by atoms with Gasteiger partial charge >= 0.3 is 0 Å². The third kappa shape index (κ3) is 21.4. The van der Waals surface area contributed by atoms with Crippen molar-refractivity contribution in [3.8, 4) is 0 Å². The fourth-order valence-corrected chi connectivity index (χ4v) is 5.88. The summed E-state index contributed by atoms with van der Waals surface area (Å²) < 4.78 is 23.0. The molecule has 0 bridgehead atoms. The molecular weight excluding hydrogens is 542 g/mol. The Kier molecular flexibility index (Phi) is 26.5. The first kappa shape index (κ1) is 40.0. The third-order valence-electron chi connectivity index (χ3n) is 8.62. The average molecular weight is 612 g/mol. The summed E-state index contributed by atoms with van der Waals surface area (Å²) in [5.41, 5.74) is 0. The molecule has 2 N–H and O–H groups in total. The Bertz CT molecular complexity index is 660. The Morgan fingerprint density at radius 1 is 0.837 bits per heavy atom. The summed E-state index contributed by atoms with van der Waals surface area (Å²) in [5.74, 6) is -0.0465. The van der Waals surface area contributed by atoms with Crippen molar-refractivity contribution in [3.63, 3.8) is 0 Å². The van der Waals surface area contributed by atoms with Gasteiger partial charge in [-0.25, -0.2) is 0 Å². The van der Waals surface area contributed by atoms with Gasteiger partial charge in [-0.3, -0.25) is 4.79 Å². The van der Waals surface area contributed by atoms with E-state index in [-0.39, 0.29) is 24.2 Å². The Morgan fingerprint density at radius 2 is 1.42 bits per heavy atom. The second kappa shape index (κ2) is 28.5. The fraction of sp³-hybridized carbons (Fsp3) is 0.917. The summed E-state index contributed by atoms with van der Waals surface area (Å²) in [6.45, 7) is 5.39. The number of unbranched alkanes of at least 4 members (excludes halogenated alkanes) is 15. The van der Waals surface area contributed by atoms with Crippen LogP contribution < -0.4 is 5.32 Å². The Morgan fingerprint density at radius 3 is 2.05 bits per heavy atom. The number of ether oxygens (including phenoxy) is 4. The Labute approximate surface area is 265 Å². The molecule has 0 aliphatic carbocycles. The molecule has 0 aromatic heterocycles. The van der Waals surface area contributed by atoms with Crippen molar-refractivity contribution in [2.45, 2.75) is 186 Å². The SMILES string of the molecule is CCCCCC/C=C\CCCCCCCCCC(=O)N[C@H]1C(O)OC(COC)CC1OCCC(CCCCCCC)OC. The molecule has 254 valence electrons. The molecule has 4 unspecified atom stereocenters. The summed E-state index contributed by atoms with van der Waals surface area (Å²) in [7, 11) is 3.39. The van der Waals surface area contributed by atoms with Crippen LogP contribution in [0.1, 0.15) is 155 Å². The van der Waals surface area contributed by atoms with Crippen LogP contribution >= 0.6 is 0 Å². The molecule has 1 rings (SSSR count). The zero-order valence-corrected chi connectivity index (χ0v) is 28.5. The maximum absolute atomic E-state index is 12.8. The number of carbonyl (C=O) groups is 1. The molecule has 0 saturated carbocycles. The van der Waals surface area contributed by atoms with E-state index < -0.39 is 12.3 Å². The molecule has 7 heteroatoms. The molecule has 1 aliphatic heterocycles. The molecule has 1 heterocycles. The van der Waals surface area contributed by atoms with Gasteiger partial charge in [0.2, 0.25) is 5.91 Å². The number of allylic oxidation sites excluding steroid dienone is 2. The summed E-state index contributed by atoms with van der Waals surface area (Å²) in [6, 6.07) is -0.582. The number of aliphatic hydroxyl groups excluding tert-OH is 1. The average Bonchev–Trinajstić information content (AvgIpc) is 2.99. The van der Waals surface area contributed by atoms with E-state index in [1.807, 2.05) is 0 Å². The molecule has 0 aromatic rings. The minimum atomic E-state index is -1.12. The van der Waals surface area contributed by atoms with Gasteiger partial charge in [0.05, 0.1) is 24.9 Å². The van der Waals surface area contributed by atoms with E-state index in [1.54, 1.807) is 14.2 Å². The van der Waals surface area contributed by atoms with Gasteiger partial charge in [-0.1, -0.05) is 109 Å². The lowest BCUT2D eigenvalue weighted by atomic mass is 9.99. The van der Waals surface area contributed by atoms with Gasteiger partial charge in [0, 0.05) is 33.7 Å². The number of hydrogen-bond donors (Lipinski definition) is 2. The van der Waals surface area contributed by atoms with Gasteiger partial charge in [0.1, 0.15) is 6.04 Å². The van der Waals surface area contributed by atoms with Gasteiger partial charge in [0.25, 0.3) is 0 Å². The van der Waals surface area contributed by atoms with Crippen molar-refractivity contribution in [2.75, 3.05) is 27.4 Å². The van der Waals surface area contributed by atoms with Crippen LogP contribution in [0.4, 0.5) is 0 Å². The van der Waals surface area contributed by atoms with Crippen molar-refractivity contribution in [3.05, 3.63) is 12.2 Å². The molecule has 1 fully saturated rings. The number of aliphatic hydroxyl groups is 1. The maximum Gasteiger partial charge on any atom is 0.220 e. The second-order valence-electron chi connectivity index (χ2n) is 12.5. The Balaban J connectivity index is 2.28. The van der Waals surface area contributed by atoms with Crippen LogP contribution in [0, 0.1) is 0 Å². The van der Waals surface area contributed by atoms with E-state index >= 15 is 0 Å². The minimum absolute atomic E-state index is 0.0465. The lowest BCUT2D eigenvalue weighted by Gasteiger charge is -2.39. The van der Waals surface area contributed by atoms with Gasteiger partial charge in [-0.15, -0.1) is 0 Å². The smallest absolute Gasteiger partial charge is 0.220 e. The van der Waals surface area contributed by atoms with Gasteiger partial charge in [0.15, 0.2) is 6.29 Å². The summed E-state index contributed by atoms with van der Waals surface area (Å²) >= 11 is 0. The molecule has 0 radical (unpaired) electrons. The molecule has 7 nitrogen and oxygen atoms in total. The highest BCUT2D eigenvalue weighted by atomic mass is 16.6. The van der Waals surface area contributed by atoms with Crippen molar-refractivity contribution < 1.29 is 28.8 Å². The zero-order chi connectivity index (χ0) is 31.4. The number of carbonyl (C=O) groups excluding carboxylic acids is 1. The first-order chi connectivity index (χ1) is 21.0. The van der Waals surface area contributed by atoms with E-state index in [9.17, 15) is 9.90 Å². The molecular formula is C36H69NO6. The van der Waals surface area contributed by atoms with E-state index in [1.165, 1.54) is 103 Å². The van der Waals surface area contributed by atoms with Crippen molar-refractivity contribution in [1.82, 2.24) is 5.32 Å². The molecule has 5 atom stereocenters. The third-order valence-corrected chi connectivity index (χ3v) is 8.62. The summed E-state index contributed by atoms with van der Waals surface area (Å²) in [4.78, 5) is 12.8. The van der Waals surface area contributed by atoms with Crippen LogP contribution in [0.2, 0.25) is 0 Å². The largest absolute Gasteiger partial charge is 0.382 e. The van der Waals surface area contributed by atoms with Gasteiger partial charge in [-0.05, 0) is 44.9 Å². The van der Waals surface area contributed by atoms with Crippen LogP contribution in [0.15, 0.2) is 12.2 Å². The van der Waals surface area contributed by atoms with E-state index in [4.69, 9.17) is 18.9 Å². The topological polar surface area (TPSA) is 86.3 Å². The minimum Gasteiger partial charge on any atom is -0.382 e. The lowest BCUT2D eigenvalue weighted by Crippen LogP contribution is -2.58. The van der Waals surface area contributed by atoms with E-state index in [0.29, 0.717) is 26.1 Å². The standard InChI is InChI=1S/C36H69NO6/c1-5-7-9-11-12-13-14-15-16-17-18-19-20-22-24-26-34(38)37-35-33(29-32(30-40-3)43-36(35)39)42-28-27-31(41-4)25-23-21-10-8-6-2/h13-14,31-33,35-36,39H,5-12,15-30H2,1-4H3,(H,37,38)/b14-13-/t31?,32?,33?,35-,36?/m1/s1. The van der Waals surface area contributed by atoms with Crippen molar-refractivity contribution in [1.29, 1.82) is 0 Å². The van der Waals surface area contributed by atoms with Crippen molar-refractivity contribution >= 4 is 5.91 Å². The van der Waals surface area contributed by atoms with Crippen LogP contribution in [0.25, 0.3) is 0 Å². The Hall–Kier alpha value is -0.990. The highest BCUT2D eigenvalue weighted by Gasteiger charge is 2.39. The molecule has 0 aromatic carbocycles. The molecule has 1 amide bonds. The second-order valence-corrected chi connectivity index (χ2v) is 12.5. The van der Waals surface area contributed by atoms with E-state index in [0.717, 1.165) is 25.7 Å². The van der Waals surface area contributed by atoms with Crippen LogP contribution in [-0.2, 0) is 23.7 Å². The fourth-order valence-electron chi connectivity index (χ4n) is 5.88. The van der Waals surface area contributed by atoms with E-state index in [2.05, 4.69) is 31.3 Å². The summed E-state index contributed by atoms with van der Waals surface area (Å²) in [6.07, 6.45) is 28.2. The predicted octanol–water partition coefficient (Wildman–Crippen LogP) is 8.41. The molecule has 1 aliphatic rings. The van der Waals surface area contributed by atoms with Crippen LogP contribution in [0.5, 0.6) is 0 Å². The maximum atomic E-state index is 12.8. The highest BCUT2D eigenvalue weighted by molar-refractivity contribution is 5.76. The van der Waals surface area contributed by atoms with Crippen LogP contribution in [0.3, 0.4) is 0 Å². The molecule has 0 spiro atoms. The predicted molar refractivity (Wildman–Crippen MR) is 177 cm³/mol. The number of hydrogen-bond acceptors (Lipinski definition) is 6. The normalized spacial score (nSPS) is 21.4.